The van der Waals surface area contributed by atoms with E-state index in [2.05, 4.69) is 29.7 Å². The van der Waals surface area contributed by atoms with Gasteiger partial charge in [-0.3, -0.25) is 4.79 Å². The summed E-state index contributed by atoms with van der Waals surface area (Å²) in [6, 6.07) is 4.57. The second-order valence-electron chi connectivity index (χ2n) is 5.63. The standard InChI is InChI=1S/C16H24N2O/c1-11-8-12(2)15(13(3)9-11)16(19)18-10-14-6-4-5-7-17-14/h8-9,14,17H,4-7,10H2,1-3H3,(H,18,19). The molecular weight excluding hydrogens is 236 g/mol. The Hall–Kier alpha value is -1.35. The van der Waals surface area contributed by atoms with Crippen LogP contribution in [0.5, 0.6) is 0 Å². The second kappa shape index (κ2) is 6.20. The summed E-state index contributed by atoms with van der Waals surface area (Å²) in [5, 5.41) is 6.52. The van der Waals surface area contributed by atoms with Crippen LogP contribution in [-0.2, 0) is 0 Å². The fourth-order valence-corrected chi connectivity index (χ4v) is 2.94. The molecule has 1 heterocycles. The van der Waals surface area contributed by atoms with Gasteiger partial charge in [-0.05, 0) is 51.3 Å². The van der Waals surface area contributed by atoms with Gasteiger partial charge < -0.3 is 10.6 Å². The molecule has 2 rings (SSSR count). The zero-order chi connectivity index (χ0) is 13.8. The van der Waals surface area contributed by atoms with E-state index in [4.69, 9.17) is 0 Å². The zero-order valence-corrected chi connectivity index (χ0v) is 12.2. The van der Waals surface area contributed by atoms with E-state index in [1.807, 2.05) is 13.8 Å². The second-order valence-corrected chi connectivity index (χ2v) is 5.63. The highest BCUT2D eigenvalue weighted by Crippen LogP contribution is 2.16. The fourth-order valence-electron chi connectivity index (χ4n) is 2.94. The first kappa shape index (κ1) is 14.1. The number of hydrogen-bond acceptors (Lipinski definition) is 2. The minimum atomic E-state index is 0.0578. The van der Waals surface area contributed by atoms with Crippen molar-refractivity contribution in [1.82, 2.24) is 10.6 Å². The highest BCUT2D eigenvalue weighted by molar-refractivity contribution is 5.97. The van der Waals surface area contributed by atoms with Crippen LogP contribution in [0.15, 0.2) is 12.1 Å². The maximum atomic E-state index is 12.3. The molecule has 0 aliphatic carbocycles. The smallest absolute Gasteiger partial charge is 0.251 e. The van der Waals surface area contributed by atoms with Crippen molar-refractivity contribution < 1.29 is 4.79 Å². The molecule has 3 nitrogen and oxygen atoms in total. The molecular formula is C16H24N2O. The molecule has 19 heavy (non-hydrogen) atoms. The molecule has 1 unspecified atom stereocenters. The predicted molar refractivity (Wildman–Crippen MR) is 78.6 cm³/mol. The molecule has 1 aromatic carbocycles. The van der Waals surface area contributed by atoms with Crippen molar-refractivity contribution in [3.05, 3.63) is 34.4 Å². The molecule has 1 atom stereocenters. The Bertz CT molecular complexity index is 439. The summed E-state index contributed by atoms with van der Waals surface area (Å²) in [4.78, 5) is 12.3. The van der Waals surface area contributed by atoms with E-state index in [9.17, 15) is 4.79 Å². The number of nitrogens with one attached hydrogen (secondary N) is 2. The third-order valence-corrected chi connectivity index (χ3v) is 3.83. The lowest BCUT2D eigenvalue weighted by Gasteiger charge is -2.24. The monoisotopic (exact) mass is 260 g/mol. The minimum Gasteiger partial charge on any atom is -0.350 e. The maximum Gasteiger partial charge on any atom is 0.251 e. The largest absolute Gasteiger partial charge is 0.350 e. The van der Waals surface area contributed by atoms with E-state index >= 15 is 0 Å². The summed E-state index contributed by atoms with van der Waals surface area (Å²) in [5.41, 5.74) is 4.17. The van der Waals surface area contributed by atoms with Crippen molar-refractivity contribution >= 4 is 5.91 Å². The number of hydrogen-bond donors (Lipinski definition) is 2. The van der Waals surface area contributed by atoms with Crippen LogP contribution in [0.2, 0.25) is 0 Å². The van der Waals surface area contributed by atoms with Crippen LogP contribution in [0.25, 0.3) is 0 Å². The van der Waals surface area contributed by atoms with Gasteiger partial charge in [0.25, 0.3) is 5.91 Å². The van der Waals surface area contributed by atoms with Gasteiger partial charge in [0.1, 0.15) is 0 Å². The van der Waals surface area contributed by atoms with Gasteiger partial charge in [-0.25, -0.2) is 0 Å². The zero-order valence-electron chi connectivity index (χ0n) is 12.2. The van der Waals surface area contributed by atoms with E-state index in [-0.39, 0.29) is 5.91 Å². The number of benzene rings is 1. The van der Waals surface area contributed by atoms with E-state index in [1.165, 1.54) is 18.4 Å². The summed E-state index contributed by atoms with van der Waals surface area (Å²) >= 11 is 0. The Morgan fingerprint density at radius 1 is 1.26 bits per heavy atom. The number of carbonyl (C=O) groups is 1. The quantitative estimate of drug-likeness (QED) is 0.876. The first-order valence-corrected chi connectivity index (χ1v) is 7.17. The van der Waals surface area contributed by atoms with Crippen LogP contribution >= 0.6 is 0 Å². The maximum absolute atomic E-state index is 12.3. The summed E-state index contributed by atoms with van der Waals surface area (Å²) in [6.45, 7) is 7.88. The third kappa shape index (κ3) is 3.57. The van der Waals surface area contributed by atoms with Crippen LogP contribution < -0.4 is 10.6 Å². The SMILES string of the molecule is Cc1cc(C)c(C(=O)NCC2CCCCN2)c(C)c1. The van der Waals surface area contributed by atoms with Crippen LogP contribution in [-0.4, -0.2) is 25.0 Å². The van der Waals surface area contributed by atoms with Gasteiger partial charge >= 0.3 is 0 Å². The molecule has 1 saturated heterocycles. The van der Waals surface area contributed by atoms with Crippen molar-refractivity contribution in [3.63, 3.8) is 0 Å². The number of aryl methyl sites for hydroxylation is 3. The molecule has 0 spiro atoms. The number of rotatable bonds is 3. The Morgan fingerprint density at radius 3 is 2.53 bits per heavy atom. The van der Waals surface area contributed by atoms with Gasteiger partial charge in [0.15, 0.2) is 0 Å². The van der Waals surface area contributed by atoms with Gasteiger partial charge in [0, 0.05) is 18.2 Å². The van der Waals surface area contributed by atoms with Crippen LogP contribution in [0.4, 0.5) is 0 Å². The van der Waals surface area contributed by atoms with Crippen molar-refractivity contribution in [2.75, 3.05) is 13.1 Å². The van der Waals surface area contributed by atoms with Crippen LogP contribution in [0.3, 0.4) is 0 Å². The van der Waals surface area contributed by atoms with Crippen molar-refractivity contribution in [2.45, 2.75) is 46.1 Å². The molecule has 1 aromatic rings. The Labute approximate surface area is 115 Å². The first-order valence-electron chi connectivity index (χ1n) is 7.17. The van der Waals surface area contributed by atoms with Gasteiger partial charge in [0.05, 0.1) is 0 Å². The number of carbonyl (C=O) groups excluding carboxylic acids is 1. The molecule has 1 amide bonds. The average molecular weight is 260 g/mol. The average Bonchev–Trinajstić information content (AvgIpc) is 2.36. The highest BCUT2D eigenvalue weighted by Gasteiger charge is 2.16. The molecule has 1 aliphatic rings. The molecule has 0 radical (unpaired) electrons. The topological polar surface area (TPSA) is 41.1 Å². The Balaban J connectivity index is 1.99. The Morgan fingerprint density at radius 2 is 1.95 bits per heavy atom. The lowest BCUT2D eigenvalue weighted by atomic mass is 9.99. The fraction of sp³-hybridized carbons (Fsp3) is 0.562. The van der Waals surface area contributed by atoms with Crippen LogP contribution in [0.1, 0.15) is 46.3 Å². The molecule has 1 fully saturated rings. The minimum absolute atomic E-state index is 0.0578. The molecule has 1 aliphatic heterocycles. The van der Waals surface area contributed by atoms with Crippen molar-refractivity contribution in [2.24, 2.45) is 0 Å². The van der Waals surface area contributed by atoms with Gasteiger partial charge in [-0.1, -0.05) is 24.1 Å². The summed E-state index contributed by atoms with van der Waals surface area (Å²) in [5.74, 6) is 0.0578. The molecule has 0 aromatic heterocycles. The van der Waals surface area contributed by atoms with Crippen molar-refractivity contribution in [3.8, 4) is 0 Å². The van der Waals surface area contributed by atoms with E-state index in [0.717, 1.165) is 36.2 Å². The Kier molecular flexibility index (Phi) is 4.59. The normalized spacial score (nSPS) is 19.2. The summed E-state index contributed by atoms with van der Waals surface area (Å²) in [7, 11) is 0. The van der Waals surface area contributed by atoms with E-state index in [0.29, 0.717) is 6.04 Å². The molecule has 0 saturated carbocycles. The lowest BCUT2D eigenvalue weighted by Crippen LogP contribution is -2.43. The van der Waals surface area contributed by atoms with Gasteiger partial charge in [-0.2, -0.15) is 0 Å². The van der Waals surface area contributed by atoms with Crippen LogP contribution in [0, 0.1) is 20.8 Å². The molecule has 2 N–H and O–H groups in total. The van der Waals surface area contributed by atoms with E-state index < -0.39 is 0 Å². The highest BCUT2D eigenvalue weighted by atomic mass is 16.1. The van der Waals surface area contributed by atoms with E-state index in [1.54, 1.807) is 0 Å². The number of piperidine rings is 1. The molecule has 0 bridgehead atoms. The molecule has 104 valence electrons. The van der Waals surface area contributed by atoms with Gasteiger partial charge in [-0.15, -0.1) is 0 Å². The summed E-state index contributed by atoms with van der Waals surface area (Å²) in [6.07, 6.45) is 3.67. The third-order valence-electron chi connectivity index (χ3n) is 3.83. The van der Waals surface area contributed by atoms with Gasteiger partial charge in [0.2, 0.25) is 0 Å². The lowest BCUT2D eigenvalue weighted by molar-refractivity contribution is 0.0946. The first-order chi connectivity index (χ1) is 9.08. The predicted octanol–water partition coefficient (Wildman–Crippen LogP) is 2.48. The summed E-state index contributed by atoms with van der Waals surface area (Å²) < 4.78 is 0. The molecule has 3 heteroatoms. The number of amides is 1. The van der Waals surface area contributed by atoms with Crippen molar-refractivity contribution in [1.29, 1.82) is 0 Å².